The minimum atomic E-state index is -0.152. The van der Waals surface area contributed by atoms with E-state index in [2.05, 4.69) is 43.4 Å². The lowest BCUT2D eigenvalue weighted by atomic mass is 9.94. The molecule has 1 saturated heterocycles. The van der Waals surface area contributed by atoms with Gasteiger partial charge in [-0.05, 0) is 35.6 Å². The summed E-state index contributed by atoms with van der Waals surface area (Å²) >= 11 is 8.65. The molecule has 0 saturated carbocycles. The van der Waals surface area contributed by atoms with Gasteiger partial charge in [0.2, 0.25) is 11.8 Å². The number of hydrogen-bond donors (Lipinski definition) is 1. The third-order valence-corrected chi connectivity index (χ3v) is 7.73. The molecule has 0 atom stereocenters. The number of rotatable bonds is 4. The van der Waals surface area contributed by atoms with E-state index in [9.17, 15) is 9.59 Å². The van der Waals surface area contributed by atoms with Gasteiger partial charge in [-0.25, -0.2) is 4.98 Å². The number of thiophene rings is 1. The molecule has 0 bridgehead atoms. The summed E-state index contributed by atoms with van der Waals surface area (Å²) in [4.78, 5) is 32.8. The van der Waals surface area contributed by atoms with E-state index in [4.69, 9.17) is 16.6 Å². The third kappa shape index (κ3) is 3.56. The molecular weight excluding hydrogens is 430 g/mol. The maximum Gasteiger partial charge on any atom is 0.230 e. The average Bonchev–Trinajstić information content (AvgIpc) is 3.29. The molecule has 4 heterocycles. The number of benzene rings is 1. The fraction of sp³-hybridized carbons (Fsp3) is 0.375. The number of imide groups is 1. The second-order valence-corrected chi connectivity index (χ2v) is 9.97. The maximum atomic E-state index is 12.2. The quantitative estimate of drug-likeness (QED) is 0.562. The molecular formula is C24H24ClN3O2S. The van der Waals surface area contributed by atoms with Gasteiger partial charge in [0.1, 0.15) is 4.83 Å². The summed E-state index contributed by atoms with van der Waals surface area (Å²) in [5, 5.41) is 5.09. The molecule has 5 nitrogen and oxygen atoms in total. The van der Waals surface area contributed by atoms with E-state index in [1.807, 2.05) is 0 Å². The molecule has 2 aliphatic heterocycles. The van der Waals surface area contributed by atoms with Crippen LogP contribution in [0, 0.1) is 0 Å². The summed E-state index contributed by atoms with van der Waals surface area (Å²) < 4.78 is 0. The van der Waals surface area contributed by atoms with Crippen molar-refractivity contribution in [3.63, 3.8) is 0 Å². The lowest BCUT2D eigenvalue weighted by Gasteiger charge is -2.18. The zero-order valence-corrected chi connectivity index (χ0v) is 19.2. The summed E-state index contributed by atoms with van der Waals surface area (Å²) in [6.45, 7) is 6.25. The Labute approximate surface area is 190 Å². The highest BCUT2D eigenvalue weighted by molar-refractivity contribution is 7.19. The van der Waals surface area contributed by atoms with Gasteiger partial charge in [0.05, 0.1) is 17.3 Å². The molecule has 160 valence electrons. The van der Waals surface area contributed by atoms with Crippen molar-refractivity contribution in [3.05, 3.63) is 51.0 Å². The van der Waals surface area contributed by atoms with Crippen LogP contribution in [0.5, 0.6) is 0 Å². The van der Waals surface area contributed by atoms with Crippen LogP contribution in [0.3, 0.4) is 0 Å². The first-order valence-electron chi connectivity index (χ1n) is 10.7. The number of aromatic nitrogens is 1. The van der Waals surface area contributed by atoms with E-state index in [0.717, 1.165) is 40.9 Å². The molecule has 2 amide bonds. The van der Waals surface area contributed by atoms with Crippen molar-refractivity contribution in [1.82, 2.24) is 15.2 Å². The van der Waals surface area contributed by atoms with E-state index in [0.29, 0.717) is 16.6 Å². The second-order valence-electron chi connectivity index (χ2n) is 8.51. The van der Waals surface area contributed by atoms with Gasteiger partial charge in [0.15, 0.2) is 0 Å². The molecule has 0 unspecified atom stereocenters. The lowest BCUT2D eigenvalue weighted by Crippen LogP contribution is -2.29. The highest BCUT2D eigenvalue weighted by atomic mass is 35.5. The fourth-order valence-corrected chi connectivity index (χ4v) is 5.97. The normalized spacial score (nSPS) is 16.6. The predicted octanol–water partition coefficient (Wildman–Crippen LogP) is 5.03. The number of nitrogens with one attached hydrogen (secondary N) is 1. The van der Waals surface area contributed by atoms with Gasteiger partial charge in [-0.1, -0.05) is 49.7 Å². The Morgan fingerprint density at radius 1 is 1.13 bits per heavy atom. The van der Waals surface area contributed by atoms with Crippen LogP contribution >= 0.6 is 22.9 Å². The molecule has 0 radical (unpaired) electrons. The Kier molecular flexibility index (Phi) is 5.32. The summed E-state index contributed by atoms with van der Waals surface area (Å²) in [6, 6.07) is 8.54. The fourth-order valence-electron chi connectivity index (χ4n) is 4.44. The minimum absolute atomic E-state index is 0.129. The summed E-state index contributed by atoms with van der Waals surface area (Å²) in [5.41, 5.74) is 5.19. The number of carbonyl (C=O) groups is 2. The Morgan fingerprint density at radius 2 is 1.84 bits per heavy atom. The number of likely N-dealkylation sites (tertiary alicyclic amines) is 1. The van der Waals surface area contributed by atoms with Crippen LogP contribution in [0.25, 0.3) is 21.3 Å². The van der Waals surface area contributed by atoms with Crippen LogP contribution in [-0.2, 0) is 29.1 Å². The van der Waals surface area contributed by atoms with Gasteiger partial charge < -0.3 is 5.32 Å². The maximum absolute atomic E-state index is 12.2. The zero-order valence-electron chi connectivity index (χ0n) is 17.6. The van der Waals surface area contributed by atoms with Gasteiger partial charge >= 0.3 is 0 Å². The van der Waals surface area contributed by atoms with Crippen LogP contribution in [0.2, 0.25) is 5.02 Å². The molecule has 1 fully saturated rings. The number of halogens is 1. The Hall–Kier alpha value is -2.28. The first-order valence-corrected chi connectivity index (χ1v) is 11.9. The number of fused-ring (bicyclic) bond motifs is 3. The molecule has 3 aromatic rings. The minimum Gasteiger partial charge on any atom is -0.312 e. The summed E-state index contributed by atoms with van der Waals surface area (Å²) in [6.07, 6.45) is 1.47. The number of hydrogen-bond acceptors (Lipinski definition) is 5. The number of carbonyl (C=O) groups excluding carboxylic acids is 2. The van der Waals surface area contributed by atoms with Crippen LogP contribution in [0.4, 0.5) is 0 Å². The van der Waals surface area contributed by atoms with Crippen molar-refractivity contribution < 1.29 is 9.59 Å². The molecule has 0 aliphatic carbocycles. The van der Waals surface area contributed by atoms with E-state index in [1.54, 1.807) is 11.3 Å². The van der Waals surface area contributed by atoms with Gasteiger partial charge in [-0.3, -0.25) is 14.5 Å². The van der Waals surface area contributed by atoms with Crippen molar-refractivity contribution in [2.75, 3.05) is 6.54 Å². The van der Waals surface area contributed by atoms with Crippen LogP contribution < -0.4 is 5.32 Å². The van der Waals surface area contributed by atoms with E-state index in [-0.39, 0.29) is 31.2 Å². The van der Waals surface area contributed by atoms with Gasteiger partial charge in [0, 0.05) is 35.2 Å². The van der Waals surface area contributed by atoms with Gasteiger partial charge in [-0.15, -0.1) is 11.3 Å². The molecule has 2 aliphatic rings. The van der Waals surface area contributed by atoms with Crippen molar-refractivity contribution in [2.24, 2.45) is 0 Å². The number of amides is 2. The molecule has 31 heavy (non-hydrogen) atoms. The first kappa shape index (κ1) is 20.6. The average molecular weight is 454 g/mol. The van der Waals surface area contributed by atoms with E-state index in [1.165, 1.54) is 20.9 Å². The Bertz CT molecular complexity index is 1180. The molecule has 1 aromatic carbocycles. The first-order chi connectivity index (χ1) is 14.9. The summed E-state index contributed by atoms with van der Waals surface area (Å²) in [7, 11) is 0. The van der Waals surface area contributed by atoms with Gasteiger partial charge in [-0.2, -0.15) is 0 Å². The highest BCUT2D eigenvalue weighted by Crippen LogP contribution is 2.44. The molecule has 1 N–H and O–H groups in total. The second kappa shape index (κ2) is 8.01. The third-order valence-electron chi connectivity index (χ3n) is 6.20. The SMILES string of the molecule is CC(C)c1ccc(-c2c(Cl)c(CN3C(=O)CCC3=O)nc3sc4c(c23)CCNC4)cc1. The van der Waals surface area contributed by atoms with Crippen LogP contribution in [0.15, 0.2) is 24.3 Å². The number of nitrogens with zero attached hydrogens (tertiary/aromatic N) is 2. The molecule has 0 spiro atoms. The van der Waals surface area contributed by atoms with Crippen molar-refractivity contribution in [1.29, 1.82) is 0 Å². The highest BCUT2D eigenvalue weighted by Gasteiger charge is 2.31. The van der Waals surface area contributed by atoms with Crippen molar-refractivity contribution >= 4 is 45.0 Å². The monoisotopic (exact) mass is 453 g/mol. The zero-order chi connectivity index (χ0) is 21.7. The van der Waals surface area contributed by atoms with Crippen LogP contribution in [-0.4, -0.2) is 28.2 Å². The topological polar surface area (TPSA) is 62.3 Å². The molecule has 2 aromatic heterocycles. The standard InChI is InChI=1S/C24H24ClN3O2S/c1-13(2)14-3-5-15(6-4-14)21-22-16-9-10-26-11-18(16)31-24(22)27-17(23(21)25)12-28-19(29)7-8-20(28)30/h3-6,13,26H,7-12H2,1-2H3. The largest absolute Gasteiger partial charge is 0.312 e. The number of pyridine rings is 1. The predicted molar refractivity (Wildman–Crippen MR) is 124 cm³/mol. The lowest BCUT2D eigenvalue weighted by molar-refractivity contribution is -0.139. The van der Waals surface area contributed by atoms with Crippen molar-refractivity contribution in [2.45, 2.75) is 52.1 Å². The van der Waals surface area contributed by atoms with Crippen molar-refractivity contribution in [3.8, 4) is 11.1 Å². The van der Waals surface area contributed by atoms with E-state index >= 15 is 0 Å². The van der Waals surface area contributed by atoms with Gasteiger partial charge in [0.25, 0.3) is 0 Å². The van der Waals surface area contributed by atoms with Crippen LogP contribution in [0.1, 0.15) is 54.3 Å². The summed E-state index contributed by atoms with van der Waals surface area (Å²) in [5.74, 6) is 0.144. The smallest absolute Gasteiger partial charge is 0.230 e. The molecule has 7 heteroatoms. The Morgan fingerprint density at radius 3 is 2.52 bits per heavy atom. The van der Waals surface area contributed by atoms with E-state index < -0.39 is 0 Å². The Balaban J connectivity index is 1.70. The molecule has 5 rings (SSSR count).